The van der Waals surface area contributed by atoms with Crippen LogP contribution in [0.1, 0.15) is 21.5 Å². The van der Waals surface area contributed by atoms with E-state index in [0.717, 1.165) is 21.2 Å². The zero-order valence-electron chi connectivity index (χ0n) is 15.5. The topological polar surface area (TPSA) is 54.4 Å². The number of benzene rings is 3. The second-order valence-electron chi connectivity index (χ2n) is 6.27. The molecule has 1 aromatic heterocycles. The molecule has 0 aliphatic heterocycles. The Kier molecular flexibility index (Phi) is 6.42. The minimum Gasteiger partial charge on any atom is -0.267 e. The summed E-state index contributed by atoms with van der Waals surface area (Å²) >= 11 is 9.26. The van der Waals surface area contributed by atoms with E-state index in [1.165, 1.54) is 23.0 Å². The highest BCUT2D eigenvalue weighted by molar-refractivity contribution is 8.00. The Bertz CT molecular complexity index is 1170. The predicted octanol–water partition coefficient (Wildman–Crippen LogP) is 6.15. The number of hydrazone groups is 1. The molecule has 4 nitrogen and oxygen atoms in total. The zero-order valence-corrected chi connectivity index (χ0v) is 17.9. The average Bonchev–Trinajstić information content (AvgIpc) is 3.18. The number of nitrogens with one attached hydrogen (secondary N) is 1. The van der Waals surface area contributed by atoms with Gasteiger partial charge in [0, 0.05) is 16.9 Å². The van der Waals surface area contributed by atoms with Crippen LogP contribution in [-0.4, -0.2) is 17.1 Å². The molecule has 0 aliphatic carbocycles. The lowest BCUT2D eigenvalue weighted by atomic mass is 10.1. The molecule has 0 bridgehead atoms. The summed E-state index contributed by atoms with van der Waals surface area (Å²) in [5.74, 6) is -0.134. The van der Waals surface area contributed by atoms with Gasteiger partial charge in [0.2, 0.25) is 0 Å². The minimum atomic E-state index is -0.504. The molecule has 4 rings (SSSR count). The Labute approximate surface area is 185 Å². The first-order valence-electron chi connectivity index (χ1n) is 8.95. The molecule has 8 heteroatoms. The van der Waals surface area contributed by atoms with Gasteiger partial charge in [0.05, 0.1) is 21.5 Å². The number of hydrogen-bond acceptors (Lipinski definition) is 5. The van der Waals surface area contributed by atoms with Crippen molar-refractivity contribution >= 4 is 57.0 Å². The summed E-state index contributed by atoms with van der Waals surface area (Å²) in [6.07, 6.45) is 1.19. The number of para-hydroxylation sites is 1. The number of thioether (sulfide) groups is 1. The molecule has 1 heterocycles. The van der Waals surface area contributed by atoms with Gasteiger partial charge in [-0.3, -0.25) is 4.79 Å². The van der Waals surface area contributed by atoms with E-state index in [1.54, 1.807) is 41.3 Å². The van der Waals surface area contributed by atoms with E-state index in [9.17, 15) is 9.18 Å². The van der Waals surface area contributed by atoms with E-state index in [1.807, 2.05) is 30.3 Å². The SMILES string of the molecule is O=C(N/N=C/c1c(F)cccc1Cl)c1ccc(CSc2nc3ccccc3s2)cc1. The molecule has 0 aliphatic rings. The third kappa shape index (κ3) is 4.87. The smallest absolute Gasteiger partial charge is 0.267 e. The summed E-state index contributed by atoms with van der Waals surface area (Å²) < 4.78 is 15.9. The van der Waals surface area contributed by atoms with Crippen LogP contribution in [0.25, 0.3) is 10.2 Å². The Morgan fingerprint density at radius 2 is 1.93 bits per heavy atom. The van der Waals surface area contributed by atoms with Crippen molar-refractivity contribution in [2.75, 3.05) is 0 Å². The van der Waals surface area contributed by atoms with Crippen LogP contribution >= 0.6 is 34.7 Å². The maximum atomic E-state index is 13.7. The van der Waals surface area contributed by atoms with Crippen molar-refractivity contribution in [1.29, 1.82) is 0 Å². The number of rotatable bonds is 6. The fourth-order valence-electron chi connectivity index (χ4n) is 2.66. The van der Waals surface area contributed by atoms with Crippen molar-refractivity contribution in [1.82, 2.24) is 10.4 Å². The molecule has 1 amide bonds. The molecule has 0 atom stereocenters. The number of amides is 1. The summed E-state index contributed by atoms with van der Waals surface area (Å²) in [6, 6.07) is 19.6. The van der Waals surface area contributed by atoms with E-state index >= 15 is 0 Å². The summed E-state index contributed by atoms with van der Waals surface area (Å²) in [6.45, 7) is 0. The summed E-state index contributed by atoms with van der Waals surface area (Å²) in [7, 11) is 0. The molecule has 0 radical (unpaired) electrons. The van der Waals surface area contributed by atoms with E-state index < -0.39 is 5.82 Å². The summed E-state index contributed by atoms with van der Waals surface area (Å²) in [5, 5.41) is 4.02. The maximum Gasteiger partial charge on any atom is 0.271 e. The van der Waals surface area contributed by atoms with Gasteiger partial charge in [-0.15, -0.1) is 11.3 Å². The van der Waals surface area contributed by atoms with Gasteiger partial charge in [-0.05, 0) is 42.0 Å². The van der Waals surface area contributed by atoms with Gasteiger partial charge < -0.3 is 0 Å². The maximum absolute atomic E-state index is 13.7. The number of halogens is 2. The summed E-state index contributed by atoms with van der Waals surface area (Å²) in [4.78, 5) is 16.8. The third-order valence-corrected chi connectivity index (χ3v) is 6.79. The molecule has 1 N–H and O–H groups in total. The van der Waals surface area contributed by atoms with Crippen molar-refractivity contribution in [3.63, 3.8) is 0 Å². The van der Waals surface area contributed by atoms with Crippen molar-refractivity contribution in [3.05, 3.63) is 94.3 Å². The van der Waals surface area contributed by atoms with Crippen molar-refractivity contribution < 1.29 is 9.18 Å². The largest absolute Gasteiger partial charge is 0.271 e. The van der Waals surface area contributed by atoms with Crippen LogP contribution in [0.5, 0.6) is 0 Å². The Morgan fingerprint density at radius 3 is 2.70 bits per heavy atom. The van der Waals surface area contributed by atoms with Crippen molar-refractivity contribution in [2.45, 2.75) is 10.1 Å². The monoisotopic (exact) mass is 455 g/mol. The van der Waals surface area contributed by atoms with E-state index in [2.05, 4.69) is 21.6 Å². The molecule has 0 spiro atoms. The third-order valence-electron chi connectivity index (χ3n) is 4.21. The number of nitrogens with zero attached hydrogens (tertiary/aromatic N) is 2. The Morgan fingerprint density at radius 1 is 1.13 bits per heavy atom. The van der Waals surface area contributed by atoms with Gasteiger partial charge in [-0.25, -0.2) is 14.8 Å². The second-order valence-corrected chi connectivity index (χ2v) is 8.93. The predicted molar refractivity (Wildman–Crippen MR) is 122 cm³/mol. The number of fused-ring (bicyclic) bond motifs is 1. The first-order chi connectivity index (χ1) is 14.6. The lowest BCUT2D eigenvalue weighted by Crippen LogP contribution is -2.17. The molecule has 30 heavy (non-hydrogen) atoms. The van der Waals surface area contributed by atoms with Crippen LogP contribution in [0, 0.1) is 5.82 Å². The van der Waals surface area contributed by atoms with Gasteiger partial charge in [-0.1, -0.05) is 53.7 Å². The molecular formula is C22H15ClFN3OS2. The van der Waals surface area contributed by atoms with E-state index in [4.69, 9.17) is 11.6 Å². The zero-order chi connectivity index (χ0) is 20.9. The van der Waals surface area contributed by atoms with Gasteiger partial charge in [0.15, 0.2) is 4.34 Å². The number of thiazole rings is 1. The Balaban J connectivity index is 1.34. The van der Waals surface area contributed by atoms with Gasteiger partial charge in [0.25, 0.3) is 5.91 Å². The molecule has 4 aromatic rings. The molecular weight excluding hydrogens is 441 g/mol. The summed E-state index contributed by atoms with van der Waals surface area (Å²) in [5.41, 5.74) is 5.06. The average molecular weight is 456 g/mol. The quantitative estimate of drug-likeness (QED) is 0.215. The van der Waals surface area contributed by atoms with E-state index in [0.29, 0.717) is 5.56 Å². The molecule has 0 fully saturated rings. The fraction of sp³-hybridized carbons (Fsp3) is 0.0455. The lowest BCUT2D eigenvalue weighted by Gasteiger charge is -2.03. The normalized spacial score (nSPS) is 11.3. The van der Waals surface area contributed by atoms with Crippen LogP contribution < -0.4 is 5.43 Å². The van der Waals surface area contributed by atoms with E-state index in [-0.39, 0.29) is 16.5 Å². The van der Waals surface area contributed by atoms with Crippen molar-refractivity contribution in [2.24, 2.45) is 5.10 Å². The molecule has 3 aromatic carbocycles. The molecule has 0 unspecified atom stereocenters. The van der Waals surface area contributed by atoms with Crippen molar-refractivity contribution in [3.8, 4) is 0 Å². The van der Waals surface area contributed by atoms with Crippen LogP contribution in [0.15, 0.2) is 76.2 Å². The molecule has 150 valence electrons. The second kappa shape index (κ2) is 9.38. The number of aromatic nitrogens is 1. The van der Waals surface area contributed by atoms with Gasteiger partial charge in [0.1, 0.15) is 5.82 Å². The minimum absolute atomic E-state index is 0.127. The highest BCUT2D eigenvalue weighted by Crippen LogP contribution is 2.31. The first kappa shape index (κ1) is 20.5. The van der Waals surface area contributed by atoms with Gasteiger partial charge >= 0.3 is 0 Å². The standard InChI is InChI=1S/C22H15ClFN3OS2/c23-17-4-3-5-18(24)16(17)12-25-27-21(28)15-10-8-14(9-11-15)13-29-22-26-19-6-1-2-7-20(19)30-22/h1-12H,13H2,(H,27,28)/b25-12+. The fourth-order valence-corrected chi connectivity index (χ4v) is 4.90. The Hall–Kier alpha value is -2.74. The number of carbonyl (C=O) groups excluding carboxylic acids is 1. The number of carbonyl (C=O) groups is 1. The first-order valence-corrected chi connectivity index (χ1v) is 11.1. The highest BCUT2D eigenvalue weighted by atomic mass is 35.5. The van der Waals surface area contributed by atoms with Crippen LogP contribution in [-0.2, 0) is 5.75 Å². The van der Waals surface area contributed by atoms with Crippen LogP contribution in [0.3, 0.4) is 0 Å². The molecule has 0 saturated carbocycles. The molecule has 0 saturated heterocycles. The number of hydrogen-bond donors (Lipinski definition) is 1. The van der Waals surface area contributed by atoms with Gasteiger partial charge in [-0.2, -0.15) is 5.10 Å². The van der Waals surface area contributed by atoms with Crippen LogP contribution in [0.4, 0.5) is 4.39 Å². The highest BCUT2D eigenvalue weighted by Gasteiger charge is 2.08. The lowest BCUT2D eigenvalue weighted by molar-refractivity contribution is 0.0955. The van der Waals surface area contributed by atoms with Crippen LogP contribution in [0.2, 0.25) is 5.02 Å².